The fraction of sp³-hybridized carbons (Fsp3) is 0.467. The third-order valence-electron chi connectivity index (χ3n) is 2.70. The van der Waals surface area contributed by atoms with Crippen LogP contribution in [0.25, 0.3) is 0 Å². The topological polar surface area (TPSA) is 55.8 Å². The summed E-state index contributed by atoms with van der Waals surface area (Å²) in [5.74, 6) is 0.199. The van der Waals surface area contributed by atoms with Crippen LogP contribution in [0.1, 0.15) is 18.9 Å². The summed E-state index contributed by atoms with van der Waals surface area (Å²) in [4.78, 5) is 24.7. The first kappa shape index (κ1) is 16.2. The maximum absolute atomic E-state index is 11.7. The summed E-state index contributed by atoms with van der Waals surface area (Å²) in [6.07, 6.45) is -0.166. The second-order valence-electron chi connectivity index (χ2n) is 4.54. The van der Waals surface area contributed by atoms with E-state index in [2.05, 4.69) is 0 Å². The van der Waals surface area contributed by atoms with Crippen molar-refractivity contribution in [1.29, 1.82) is 0 Å². The molecule has 1 aromatic rings. The lowest BCUT2D eigenvalue weighted by molar-refractivity contribution is -0.145. The van der Waals surface area contributed by atoms with Gasteiger partial charge in [0.2, 0.25) is 0 Å². The van der Waals surface area contributed by atoms with E-state index in [1.807, 2.05) is 36.2 Å². The second-order valence-corrected chi connectivity index (χ2v) is 4.54. The molecule has 0 aliphatic rings. The molecule has 0 bridgehead atoms. The molecule has 0 unspecified atom stereocenters. The number of hydrogen-bond acceptors (Lipinski definition) is 5. The zero-order valence-electron chi connectivity index (χ0n) is 12.2. The summed E-state index contributed by atoms with van der Waals surface area (Å²) < 4.78 is 9.83. The molecule has 0 aliphatic heterocycles. The lowest BCUT2D eigenvalue weighted by atomic mass is 10.2. The SMILES string of the molecule is CCOC(=O)CC(=O)CN(C)Cc1ccc(OC)cc1. The maximum Gasteiger partial charge on any atom is 0.313 e. The number of nitrogens with zero attached hydrogens (tertiary/aromatic N) is 1. The molecular weight excluding hydrogens is 258 g/mol. The van der Waals surface area contributed by atoms with Gasteiger partial charge in [-0.25, -0.2) is 0 Å². The van der Waals surface area contributed by atoms with Crippen LogP contribution in [0.5, 0.6) is 5.75 Å². The highest BCUT2D eigenvalue weighted by Crippen LogP contribution is 2.12. The van der Waals surface area contributed by atoms with Gasteiger partial charge in [0.25, 0.3) is 0 Å². The Morgan fingerprint density at radius 3 is 2.40 bits per heavy atom. The molecule has 110 valence electrons. The molecule has 0 saturated heterocycles. The molecule has 20 heavy (non-hydrogen) atoms. The third-order valence-corrected chi connectivity index (χ3v) is 2.70. The van der Waals surface area contributed by atoms with Crippen molar-refractivity contribution in [3.8, 4) is 5.75 Å². The van der Waals surface area contributed by atoms with Crippen LogP contribution in [0.2, 0.25) is 0 Å². The Balaban J connectivity index is 2.40. The number of esters is 1. The predicted octanol–water partition coefficient (Wildman–Crippen LogP) is 1.65. The van der Waals surface area contributed by atoms with Gasteiger partial charge in [0.15, 0.2) is 5.78 Å². The minimum absolute atomic E-state index is 0.139. The second kappa shape index (κ2) is 8.32. The van der Waals surface area contributed by atoms with Gasteiger partial charge in [-0.15, -0.1) is 0 Å². The summed E-state index contributed by atoms with van der Waals surface area (Å²) >= 11 is 0. The highest BCUT2D eigenvalue weighted by atomic mass is 16.5. The monoisotopic (exact) mass is 279 g/mol. The van der Waals surface area contributed by atoms with Crippen LogP contribution in [0.4, 0.5) is 0 Å². The van der Waals surface area contributed by atoms with Gasteiger partial charge < -0.3 is 9.47 Å². The Bertz CT molecular complexity index is 442. The molecule has 1 rings (SSSR count). The van der Waals surface area contributed by atoms with Gasteiger partial charge in [-0.3, -0.25) is 14.5 Å². The van der Waals surface area contributed by atoms with Crippen LogP contribution in [0, 0.1) is 0 Å². The van der Waals surface area contributed by atoms with Crippen LogP contribution >= 0.6 is 0 Å². The standard InChI is InChI=1S/C15H21NO4/c1-4-20-15(18)9-13(17)11-16(2)10-12-5-7-14(19-3)8-6-12/h5-8H,4,9-11H2,1-3H3. The number of carbonyl (C=O) groups excluding carboxylic acids is 2. The molecular formula is C15H21NO4. The molecule has 1 aromatic carbocycles. The molecule has 0 amide bonds. The Kier molecular flexibility index (Phi) is 6.73. The first-order valence-corrected chi connectivity index (χ1v) is 6.54. The van der Waals surface area contributed by atoms with Crippen molar-refractivity contribution in [3.05, 3.63) is 29.8 Å². The number of rotatable bonds is 8. The molecule has 0 radical (unpaired) electrons. The fourth-order valence-electron chi connectivity index (χ4n) is 1.83. The summed E-state index contributed by atoms with van der Waals surface area (Å²) in [6.45, 7) is 2.88. The van der Waals surface area contributed by atoms with Crippen LogP contribution in [0.15, 0.2) is 24.3 Å². The normalized spacial score (nSPS) is 10.4. The Morgan fingerprint density at radius 2 is 1.85 bits per heavy atom. The largest absolute Gasteiger partial charge is 0.497 e. The number of ketones is 1. The smallest absolute Gasteiger partial charge is 0.313 e. The average molecular weight is 279 g/mol. The average Bonchev–Trinajstić information content (AvgIpc) is 2.39. The minimum atomic E-state index is -0.463. The first-order chi connectivity index (χ1) is 9.55. The number of likely N-dealkylation sites (N-methyl/N-ethyl adjacent to an activating group) is 1. The van der Waals surface area contributed by atoms with Crippen molar-refractivity contribution in [2.45, 2.75) is 19.9 Å². The summed E-state index contributed by atoms with van der Waals surface area (Å²) in [6, 6.07) is 7.66. The molecule has 0 N–H and O–H groups in total. The zero-order chi connectivity index (χ0) is 15.0. The van der Waals surface area contributed by atoms with Gasteiger partial charge >= 0.3 is 5.97 Å². The number of methoxy groups -OCH3 is 1. The third kappa shape index (κ3) is 5.84. The number of Topliss-reactive ketones (excluding diaryl/α,β-unsaturated/α-hetero) is 1. The van der Waals surface area contributed by atoms with E-state index in [1.165, 1.54) is 0 Å². The number of ether oxygens (including phenoxy) is 2. The van der Waals surface area contributed by atoms with Crippen LogP contribution < -0.4 is 4.74 Å². The number of carbonyl (C=O) groups is 2. The number of hydrogen-bond donors (Lipinski definition) is 0. The molecule has 0 heterocycles. The van der Waals surface area contributed by atoms with Crippen molar-refractivity contribution in [3.63, 3.8) is 0 Å². The molecule has 0 spiro atoms. The first-order valence-electron chi connectivity index (χ1n) is 6.54. The van der Waals surface area contributed by atoms with E-state index in [-0.39, 0.29) is 18.7 Å². The van der Waals surface area contributed by atoms with Crippen molar-refractivity contribution >= 4 is 11.8 Å². The Labute approximate surface area is 119 Å². The molecule has 0 aromatic heterocycles. The molecule has 5 heteroatoms. The lowest BCUT2D eigenvalue weighted by Crippen LogP contribution is -2.27. The summed E-state index contributed by atoms with van der Waals surface area (Å²) in [7, 11) is 3.46. The van der Waals surface area contributed by atoms with Gasteiger partial charge in [0.1, 0.15) is 12.2 Å². The van der Waals surface area contributed by atoms with E-state index in [9.17, 15) is 9.59 Å². The Hall–Kier alpha value is -1.88. The van der Waals surface area contributed by atoms with Crippen LogP contribution in [-0.2, 0) is 20.9 Å². The van der Waals surface area contributed by atoms with E-state index in [0.717, 1.165) is 11.3 Å². The molecule has 0 atom stereocenters. The lowest BCUT2D eigenvalue weighted by Gasteiger charge is -2.15. The van der Waals surface area contributed by atoms with Crippen molar-refractivity contribution in [2.24, 2.45) is 0 Å². The highest BCUT2D eigenvalue weighted by molar-refractivity contribution is 5.96. The van der Waals surface area contributed by atoms with Crippen LogP contribution in [0.3, 0.4) is 0 Å². The van der Waals surface area contributed by atoms with E-state index >= 15 is 0 Å². The van der Waals surface area contributed by atoms with Gasteiger partial charge in [0.05, 0.1) is 20.3 Å². The zero-order valence-corrected chi connectivity index (χ0v) is 12.2. The molecule has 0 fully saturated rings. The van der Waals surface area contributed by atoms with Crippen molar-refractivity contribution < 1.29 is 19.1 Å². The summed E-state index contributed by atoms with van der Waals surface area (Å²) in [5.41, 5.74) is 1.08. The van der Waals surface area contributed by atoms with E-state index in [4.69, 9.17) is 9.47 Å². The van der Waals surface area contributed by atoms with Crippen molar-refractivity contribution in [2.75, 3.05) is 27.3 Å². The molecule has 0 saturated carbocycles. The van der Waals surface area contributed by atoms with E-state index < -0.39 is 5.97 Å². The number of benzene rings is 1. The fourth-order valence-corrected chi connectivity index (χ4v) is 1.83. The Morgan fingerprint density at radius 1 is 1.20 bits per heavy atom. The van der Waals surface area contributed by atoms with Crippen LogP contribution in [-0.4, -0.2) is 44.0 Å². The van der Waals surface area contributed by atoms with Gasteiger partial charge in [-0.05, 0) is 31.7 Å². The van der Waals surface area contributed by atoms with E-state index in [1.54, 1.807) is 14.0 Å². The molecule has 5 nitrogen and oxygen atoms in total. The van der Waals surface area contributed by atoms with Crippen molar-refractivity contribution in [1.82, 2.24) is 4.90 Å². The minimum Gasteiger partial charge on any atom is -0.497 e. The van der Waals surface area contributed by atoms with Gasteiger partial charge in [-0.2, -0.15) is 0 Å². The maximum atomic E-state index is 11.7. The van der Waals surface area contributed by atoms with Gasteiger partial charge in [0, 0.05) is 6.54 Å². The quantitative estimate of drug-likeness (QED) is 0.535. The summed E-state index contributed by atoms with van der Waals surface area (Å²) in [5, 5.41) is 0. The van der Waals surface area contributed by atoms with Gasteiger partial charge in [-0.1, -0.05) is 12.1 Å². The van der Waals surface area contributed by atoms with E-state index in [0.29, 0.717) is 13.2 Å². The molecule has 0 aliphatic carbocycles. The predicted molar refractivity (Wildman–Crippen MR) is 75.6 cm³/mol. The highest BCUT2D eigenvalue weighted by Gasteiger charge is 2.12.